The first-order chi connectivity index (χ1) is 7.84. The minimum Gasteiger partial charge on any atom is -0.397 e. The minimum atomic E-state index is 0.834. The van der Waals surface area contributed by atoms with Gasteiger partial charge in [-0.15, -0.1) is 0 Å². The van der Waals surface area contributed by atoms with E-state index in [2.05, 4.69) is 16.4 Å². The summed E-state index contributed by atoms with van der Waals surface area (Å²) in [4.78, 5) is 4.09. The van der Waals surface area contributed by atoms with E-state index in [4.69, 9.17) is 5.73 Å². The average molecular weight is 213 g/mol. The molecule has 82 valence electrons. The molecular weight excluding hydrogens is 198 g/mol. The van der Waals surface area contributed by atoms with E-state index < -0.39 is 0 Å². The molecule has 0 saturated heterocycles. The molecule has 0 radical (unpaired) electrons. The summed E-state index contributed by atoms with van der Waals surface area (Å²) in [7, 11) is 0. The molecular formula is C13H15N3. The number of nitrogen functional groups attached to an aromatic ring is 1. The van der Waals surface area contributed by atoms with E-state index in [0.29, 0.717) is 0 Å². The first kappa shape index (κ1) is 9.46. The van der Waals surface area contributed by atoms with Gasteiger partial charge in [0.25, 0.3) is 0 Å². The topological polar surface area (TPSA) is 50.9 Å². The second kappa shape index (κ2) is 3.67. The van der Waals surface area contributed by atoms with Gasteiger partial charge in [-0.25, -0.2) is 0 Å². The highest BCUT2D eigenvalue weighted by molar-refractivity contribution is 5.98. The van der Waals surface area contributed by atoms with Gasteiger partial charge in [-0.1, -0.05) is 6.07 Å². The van der Waals surface area contributed by atoms with Gasteiger partial charge >= 0.3 is 0 Å². The summed E-state index contributed by atoms with van der Waals surface area (Å²) in [5.41, 5.74) is 8.02. The summed E-state index contributed by atoms with van der Waals surface area (Å²) in [6.07, 6.45) is 6.33. The van der Waals surface area contributed by atoms with Crippen molar-refractivity contribution in [2.24, 2.45) is 5.92 Å². The van der Waals surface area contributed by atoms with Crippen LogP contribution in [0.25, 0.3) is 10.8 Å². The van der Waals surface area contributed by atoms with Crippen LogP contribution in [0.4, 0.5) is 11.4 Å². The molecule has 0 unspecified atom stereocenters. The Morgan fingerprint density at radius 2 is 2.19 bits per heavy atom. The van der Waals surface area contributed by atoms with Crippen LogP contribution in [0.2, 0.25) is 0 Å². The van der Waals surface area contributed by atoms with Crippen molar-refractivity contribution in [2.75, 3.05) is 17.6 Å². The van der Waals surface area contributed by atoms with Gasteiger partial charge in [0.05, 0.1) is 11.4 Å². The third kappa shape index (κ3) is 1.69. The Balaban J connectivity index is 1.94. The monoisotopic (exact) mass is 213 g/mol. The molecule has 1 aliphatic carbocycles. The van der Waals surface area contributed by atoms with E-state index in [-0.39, 0.29) is 0 Å². The maximum absolute atomic E-state index is 6.14. The molecule has 0 spiro atoms. The second-order valence-electron chi connectivity index (χ2n) is 4.45. The predicted octanol–water partition coefficient (Wildman–Crippen LogP) is 2.64. The van der Waals surface area contributed by atoms with Crippen LogP contribution in [0, 0.1) is 5.92 Å². The summed E-state index contributed by atoms with van der Waals surface area (Å²) in [6, 6.07) is 6.07. The Labute approximate surface area is 94.7 Å². The third-order valence-electron chi connectivity index (χ3n) is 3.14. The number of hydrogen-bond acceptors (Lipinski definition) is 3. The number of fused-ring (bicyclic) bond motifs is 1. The predicted molar refractivity (Wildman–Crippen MR) is 67.4 cm³/mol. The molecule has 0 bridgehead atoms. The van der Waals surface area contributed by atoms with Crippen LogP contribution in [0.5, 0.6) is 0 Å². The summed E-state index contributed by atoms with van der Waals surface area (Å²) in [5, 5.41) is 5.60. The lowest BCUT2D eigenvalue weighted by Crippen LogP contribution is -2.05. The van der Waals surface area contributed by atoms with E-state index in [1.807, 2.05) is 18.3 Å². The number of aromatic nitrogens is 1. The molecule has 3 N–H and O–H groups in total. The van der Waals surface area contributed by atoms with E-state index in [1.54, 1.807) is 6.20 Å². The number of benzene rings is 1. The van der Waals surface area contributed by atoms with Gasteiger partial charge in [-0.2, -0.15) is 0 Å². The molecule has 3 rings (SSSR count). The van der Waals surface area contributed by atoms with Crippen molar-refractivity contribution >= 4 is 22.1 Å². The van der Waals surface area contributed by atoms with Gasteiger partial charge in [0, 0.05) is 29.7 Å². The van der Waals surface area contributed by atoms with Crippen LogP contribution in [-0.4, -0.2) is 11.5 Å². The van der Waals surface area contributed by atoms with Crippen LogP contribution < -0.4 is 11.1 Å². The molecule has 1 fully saturated rings. The van der Waals surface area contributed by atoms with Gasteiger partial charge in [0.2, 0.25) is 0 Å². The number of anilines is 2. The average Bonchev–Trinajstić information content (AvgIpc) is 3.13. The summed E-state index contributed by atoms with van der Waals surface area (Å²) < 4.78 is 0. The lowest BCUT2D eigenvalue weighted by atomic mass is 10.1. The standard InChI is InChI=1S/C13H15N3/c14-13-11-5-6-15-8-10(11)3-4-12(13)16-7-9-1-2-9/h3-6,8-9,16H,1-2,7,14H2. The fourth-order valence-corrected chi connectivity index (χ4v) is 1.92. The van der Waals surface area contributed by atoms with Crippen molar-refractivity contribution < 1.29 is 0 Å². The van der Waals surface area contributed by atoms with E-state index in [9.17, 15) is 0 Å². The molecule has 1 aromatic heterocycles. The first-order valence-electron chi connectivity index (χ1n) is 5.70. The number of pyridine rings is 1. The zero-order valence-corrected chi connectivity index (χ0v) is 9.11. The third-order valence-corrected chi connectivity index (χ3v) is 3.14. The Kier molecular flexibility index (Phi) is 2.17. The first-order valence-corrected chi connectivity index (χ1v) is 5.70. The van der Waals surface area contributed by atoms with Crippen molar-refractivity contribution in [1.82, 2.24) is 4.98 Å². The number of nitrogens with zero attached hydrogens (tertiary/aromatic N) is 1. The van der Waals surface area contributed by atoms with Crippen molar-refractivity contribution in [1.29, 1.82) is 0 Å². The SMILES string of the molecule is Nc1c(NCC2CC2)ccc2cnccc12. The molecule has 3 nitrogen and oxygen atoms in total. The second-order valence-corrected chi connectivity index (χ2v) is 4.45. The van der Waals surface area contributed by atoms with Crippen LogP contribution in [-0.2, 0) is 0 Å². The fraction of sp³-hybridized carbons (Fsp3) is 0.308. The molecule has 1 aliphatic rings. The minimum absolute atomic E-state index is 0.834. The van der Waals surface area contributed by atoms with Gasteiger partial charge in [0.15, 0.2) is 0 Å². The van der Waals surface area contributed by atoms with Gasteiger partial charge in [-0.3, -0.25) is 4.98 Å². The zero-order valence-electron chi connectivity index (χ0n) is 9.11. The summed E-state index contributed by atoms with van der Waals surface area (Å²) >= 11 is 0. The van der Waals surface area contributed by atoms with E-state index in [0.717, 1.165) is 34.6 Å². The highest BCUT2D eigenvalue weighted by Gasteiger charge is 2.20. The van der Waals surface area contributed by atoms with Gasteiger partial charge in [-0.05, 0) is 30.9 Å². The smallest absolute Gasteiger partial charge is 0.0630 e. The largest absolute Gasteiger partial charge is 0.397 e. The van der Waals surface area contributed by atoms with Crippen LogP contribution in [0.3, 0.4) is 0 Å². The molecule has 2 aromatic rings. The lowest BCUT2D eigenvalue weighted by molar-refractivity contribution is 0.890. The molecule has 0 atom stereocenters. The van der Waals surface area contributed by atoms with Crippen molar-refractivity contribution in [3.05, 3.63) is 30.6 Å². The van der Waals surface area contributed by atoms with Crippen molar-refractivity contribution in [2.45, 2.75) is 12.8 Å². The molecule has 1 aromatic carbocycles. The van der Waals surface area contributed by atoms with Gasteiger partial charge in [0.1, 0.15) is 0 Å². The summed E-state index contributed by atoms with van der Waals surface area (Å²) in [6.45, 7) is 1.04. The summed E-state index contributed by atoms with van der Waals surface area (Å²) in [5.74, 6) is 0.854. The Morgan fingerprint density at radius 3 is 3.00 bits per heavy atom. The number of hydrogen-bond donors (Lipinski definition) is 2. The van der Waals surface area contributed by atoms with Crippen LogP contribution >= 0.6 is 0 Å². The zero-order chi connectivity index (χ0) is 11.0. The Hall–Kier alpha value is -1.77. The van der Waals surface area contributed by atoms with Crippen LogP contribution in [0.15, 0.2) is 30.6 Å². The fourth-order valence-electron chi connectivity index (χ4n) is 1.92. The number of nitrogens with two attached hydrogens (primary N) is 1. The van der Waals surface area contributed by atoms with Crippen molar-refractivity contribution in [3.8, 4) is 0 Å². The van der Waals surface area contributed by atoms with Crippen LogP contribution in [0.1, 0.15) is 12.8 Å². The molecule has 1 saturated carbocycles. The van der Waals surface area contributed by atoms with E-state index >= 15 is 0 Å². The molecule has 0 aliphatic heterocycles. The Bertz CT molecular complexity index is 518. The van der Waals surface area contributed by atoms with Crippen molar-refractivity contribution in [3.63, 3.8) is 0 Å². The maximum Gasteiger partial charge on any atom is 0.0630 e. The molecule has 3 heteroatoms. The quantitative estimate of drug-likeness (QED) is 0.771. The highest BCUT2D eigenvalue weighted by Crippen LogP contribution is 2.32. The normalized spacial score (nSPS) is 15.2. The molecule has 16 heavy (non-hydrogen) atoms. The molecule has 0 amide bonds. The lowest BCUT2D eigenvalue weighted by Gasteiger charge is -2.10. The number of rotatable bonds is 3. The van der Waals surface area contributed by atoms with Gasteiger partial charge < -0.3 is 11.1 Å². The molecule has 1 heterocycles. The maximum atomic E-state index is 6.14. The highest BCUT2D eigenvalue weighted by atomic mass is 14.9. The number of nitrogens with one attached hydrogen (secondary N) is 1. The Morgan fingerprint density at radius 1 is 1.31 bits per heavy atom. The van der Waals surface area contributed by atoms with E-state index in [1.165, 1.54) is 12.8 Å².